The number of rotatable bonds is 7. The average Bonchev–Trinajstić information content (AvgIpc) is 3.09. The van der Waals surface area contributed by atoms with Crippen LogP contribution in [0.2, 0.25) is 10.0 Å². The minimum Gasteiger partial charge on any atom is -0.356 e. The molecule has 6 nitrogen and oxygen atoms in total. The molecule has 188 valence electrons. The summed E-state index contributed by atoms with van der Waals surface area (Å²) in [5.74, 6) is -0.731. The number of alkyl halides is 6. The highest BCUT2D eigenvalue weighted by Gasteiger charge is 2.52. The monoisotopic (exact) mass is 586 g/mol. The third kappa shape index (κ3) is 5.51. The highest BCUT2D eigenvalue weighted by molar-refractivity contribution is 8.16. The van der Waals surface area contributed by atoms with Crippen LogP contribution in [0.3, 0.4) is 0 Å². The van der Waals surface area contributed by atoms with Gasteiger partial charge in [-0.05, 0) is 24.6 Å². The molecule has 0 amide bonds. The first-order valence-electron chi connectivity index (χ1n) is 8.69. The fourth-order valence-corrected chi connectivity index (χ4v) is 6.03. The van der Waals surface area contributed by atoms with Gasteiger partial charge >= 0.3 is 11.7 Å². The van der Waals surface area contributed by atoms with Gasteiger partial charge in [0.1, 0.15) is 11.8 Å². The van der Waals surface area contributed by atoms with E-state index in [1.807, 2.05) is 0 Å². The molecule has 0 aliphatic rings. The topological polar surface area (TPSA) is 79.0 Å². The molecule has 17 heteroatoms. The van der Waals surface area contributed by atoms with Crippen molar-refractivity contribution in [2.75, 3.05) is 31.0 Å². The molecule has 0 atom stereocenters. The average molecular weight is 587 g/mol. The minimum atomic E-state index is -6.12. The van der Waals surface area contributed by atoms with E-state index in [0.717, 1.165) is 4.90 Å². The predicted molar refractivity (Wildman–Crippen MR) is 121 cm³/mol. The van der Waals surface area contributed by atoms with Gasteiger partial charge in [0.2, 0.25) is 0 Å². The Morgan fingerprint density at radius 2 is 1.65 bits per heavy atom. The molecule has 2 rings (SSSR count). The molecule has 1 aromatic carbocycles. The molecule has 1 aromatic heterocycles. The second kappa shape index (κ2) is 10.3. The van der Waals surface area contributed by atoms with Gasteiger partial charge in [0.25, 0.3) is 9.84 Å². The Kier molecular flexibility index (Phi) is 8.68. The Hall–Kier alpha value is -1.47. The molecule has 34 heavy (non-hydrogen) atoms. The summed E-state index contributed by atoms with van der Waals surface area (Å²) in [4.78, 5) is -0.368. The summed E-state index contributed by atoms with van der Waals surface area (Å²) in [7, 11) is -4.87. The first-order chi connectivity index (χ1) is 15.5. The summed E-state index contributed by atoms with van der Waals surface area (Å²) in [5.41, 5.74) is -8.70. The highest BCUT2D eigenvalue weighted by atomic mass is 35.5. The summed E-state index contributed by atoms with van der Waals surface area (Å²) in [6.07, 6.45) is -1.42. The maximum Gasteiger partial charge on any atom is 0.502 e. The molecular weight excluding hydrogens is 573 g/mol. The Morgan fingerprint density at radius 1 is 1.15 bits per heavy atom. The molecule has 0 spiro atoms. The van der Waals surface area contributed by atoms with E-state index in [9.17, 15) is 40.0 Å². The molecule has 0 saturated carbocycles. The van der Waals surface area contributed by atoms with Crippen LogP contribution < -0.4 is 4.90 Å². The maximum absolute atomic E-state index is 13.5. The summed E-state index contributed by atoms with van der Waals surface area (Å²) in [6.45, 7) is -0.0326. The van der Waals surface area contributed by atoms with E-state index in [0.29, 0.717) is 16.8 Å². The quantitative estimate of drug-likeness (QED) is 0.297. The van der Waals surface area contributed by atoms with Gasteiger partial charge in [0.05, 0.1) is 20.2 Å². The lowest BCUT2D eigenvalue weighted by molar-refractivity contribution is -0.137. The number of nitriles is 1. The largest absolute Gasteiger partial charge is 0.502 e. The second-order valence-corrected chi connectivity index (χ2v) is 11.6. The molecule has 0 radical (unpaired) electrons. The van der Waals surface area contributed by atoms with E-state index in [1.165, 1.54) is 36.6 Å². The molecule has 0 aliphatic heterocycles. The van der Waals surface area contributed by atoms with E-state index in [-0.39, 0.29) is 11.1 Å². The summed E-state index contributed by atoms with van der Waals surface area (Å²) >= 11 is 14.6. The van der Waals surface area contributed by atoms with Crippen LogP contribution in [0.5, 0.6) is 0 Å². The van der Waals surface area contributed by atoms with Crippen LogP contribution in [0, 0.1) is 11.3 Å². The van der Waals surface area contributed by atoms with Gasteiger partial charge in [-0.3, -0.25) is 0 Å². The van der Waals surface area contributed by atoms with E-state index in [2.05, 4.69) is 5.10 Å². The third-order valence-electron chi connectivity index (χ3n) is 4.36. The van der Waals surface area contributed by atoms with Crippen LogP contribution in [-0.4, -0.2) is 54.4 Å². The zero-order valence-corrected chi connectivity index (χ0v) is 21.3. The second-order valence-electron chi connectivity index (χ2n) is 6.54. The number of hydrogen-bond donors (Lipinski definition) is 0. The Labute approximate surface area is 209 Å². The minimum absolute atomic E-state index is 0.0326. The van der Waals surface area contributed by atoms with E-state index >= 15 is 0 Å². The lowest BCUT2D eigenvalue weighted by atomic mass is 10.2. The van der Waals surface area contributed by atoms with Crippen LogP contribution in [0.1, 0.15) is 11.3 Å². The van der Waals surface area contributed by atoms with Crippen molar-refractivity contribution >= 4 is 62.4 Å². The van der Waals surface area contributed by atoms with Crippen molar-refractivity contribution in [2.45, 2.75) is 21.2 Å². The van der Waals surface area contributed by atoms with Gasteiger partial charge in [-0.1, -0.05) is 23.2 Å². The summed E-state index contributed by atoms with van der Waals surface area (Å²) in [5, 5.41) is 11.7. The number of sulfone groups is 1. The maximum atomic E-state index is 13.5. The van der Waals surface area contributed by atoms with Crippen molar-refractivity contribution in [3.63, 3.8) is 0 Å². The first kappa shape index (κ1) is 28.8. The lowest BCUT2D eigenvalue weighted by Gasteiger charge is -2.26. The van der Waals surface area contributed by atoms with Crippen LogP contribution >= 0.6 is 46.7 Å². The number of thioether (sulfide) groups is 2. The van der Waals surface area contributed by atoms with E-state index in [1.54, 1.807) is 12.5 Å². The standard InChI is InChI=1S/C17H14Cl2F6N4O2S3/c1-28(7-12(32-2)33-3)15-14(34(30,31)17(23,24)25)11(6-26)27-29(15)13-9(18)4-8(5-10(13)19)16(20,21)22/h4-5,12H,7H2,1-3H3. The molecule has 1 heterocycles. The molecule has 0 fully saturated rings. The molecule has 0 bridgehead atoms. The van der Waals surface area contributed by atoms with Crippen molar-refractivity contribution in [1.82, 2.24) is 9.78 Å². The first-order valence-corrected chi connectivity index (χ1v) is 13.5. The lowest BCUT2D eigenvalue weighted by Crippen LogP contribution is -2.31. The van der Waals surface area contributed by atoms with Gasteiger partial charge in [0.15, 0.2) is 16.4 Å². The van der Waals surface area contributed by atoms with Gasteiger partial charge in [-0.15, -0.1) is 23.5 Å². The van der Waals surface area contributed by atoms with Gasteiger partial charge in [0, 0.05) is 13.6 Å². The van der Waals surface area contributed by atoms with Crippen LogP contribution in [0.25, 0.3) is 5.69 Å². The zero-order chi connectivity index (χ0) is 26.2. The summed E-state index contributed by atoms with van der Waals surface area (Å²) in [6, 6.07) is 2.23. The number of benzene rings is 1. The SMILES string of the molecule is CSC(CN(C)c1c(S(=O)(=O)C(F)(F)F)c(C#N)nn1-c1c(Cl)cc(C(F)(F)F)cc1Cl)SC. The fourth-order valence-electron chi connectivity index (χ4n) is 2.81. The molecule has 0 saturated heterocycles. The number of halogens is 8. The highest BCUT2D eigenvalue weighted by Crippen LogP contribution is 2.43. The zero-order valence-electron chi connectivity index (χ0n) is 17.3. The number of nitrogens with zero attached hydrogens (tertiary/aromatic N) is 4. The van der Waals surface area contributed by atoms with E-state index < -0.39 is 59.2 Å². The number of anilines is 1. The Balaban J connectivity index is 2.97. The Morgan fingerprint density at radius 3 is 2.03 bits per heavy atom. The Bertz CT molecular complexity index is 1200. The van der Waals surface area contributed by atoms with Crippen LogP contribution in [0.15, 0.2) is 17.0 Å². The molecule has 0 unspecified atom stereocenters. The molecular formula is C17H14Cl2F6N4O2S3. The number of hydrogen-bond acceptors (Lipinski definition) is 7. The fraction of sp³-hybridized carbons (Fsp3) is 0.412. The number of aromatic nitrogens is 2. The van der Waals surface area contributed by atoms with Gasteiger partial charge < -0.3 is 4.90 Å². The van der Waals surface area contributed by atoms with Gasteiger partial charge in [-0.25, -0.2) is 13.1 Å². The molecule has 0 aliphatic carbocycles. The summed E-state index contributed by atoms with van der Waals surface area (Å²) < 4.78 is 105. The van der Waals surface area contributed by atoms with Gasteiger partial charge in [-0.2, -0.15) is 36.7 Å². The molecule has 0 N–H and O–H groups in total. The van der Waals surface area contributed by atoms with Crippen molar-refractivity contribution in [3.05, 3.63) is 33.4 Å². The normalized spacial score (nSPS) is 12.8. The van der Waals surface area contributed by atoms with Crippen LogP contribution in [0.4, 0.5) is 32.2 Å². The van der Waals surface area contributed by atoms with Crippen molar-refractivity contribution in [3.8, 4) is 11.8 Å². The smallest absolute Gasteiger partial charge is 0.356 e. The third-order valence-corrected chi connectivity index (χ3v) is 8.97. The predicted octanol–water partition coefficient (Wildman–Crippen LogP) is 5.85. The van der Waals surface area contributed by atoms with Crippen molar-refractivity contribution < 1.29 is 34.8 Å². The molecule has 2 aromatic rings. The van der Waals surface area contributed by atoms with E-state index in [4.69, 9.17) is 23.2 Å². The van der Waals surface area contributed by atoms with Crippen LogP contribution in [-0.2, 0) is 16.0 Å². The van der Waals surface area contributed by atoms with Crippen molar-refractivity contribution in [2.24, 2.45) is 0 Å². The van der Waals surface area contributed by atoms with Crippen molar-refractivity contribution in [1.29, 1.82) is 5.26 Å².